The van der Waals surface area contributed by atoms with Gasteiger partial charge in [0, 0.05) is 25.7 Å². The Hall–Kier alpha value is -2.15. The van der Waals surface area contributed by atoms with E-state index in [1.165, 1.54) is 0 Å². The number of carbonyl (C=O) groups excluding carboxylic acids is 1. The lowest BCUT2D eigenvalue weighted by Gasteiger charge is -2.22. The second kappa shape index (κ2) is 6.63. The highest BCUT2D eigenvalue weighted by Gasteiger charge is 2.31. The second-order valence-electron chi connectivity index (χ2n) is 7.21. The molecule has 1 amide bonds. The molecule has 2 aromatic rings. The molecule has 7 nitrogen and oxygen atoms in total. The predicted octanol–water partition coefficient (Wildman–Crippen LogP) is 1.23. The van der Waals surface area contributed by atoms with Crippen LogP contribution in [0.2, 0.25) is 0 Å². The number of hydrogen-bond donors (Lipinski definition) is 3. The second-order valence-corrected chi connectivity index (χ2v) is 7.21. The molecule has 3 rings (SSSR count). The van der Waals surface area contributed by atoms with Gasteiger partial charge in [0.05, 0.1) is 11.0 Å². The van der Waals surface area contributed by atoms with Crippen LogP contribution in [0.5, 0.6) is 0 Å². The summed E-state index contributed by atoms with van der Waals surface area (Å²) in [6, 6.07) is 0. The van der Waals surface area contributed by atoms with Crippen molar-refractivity contribution < 1.29 is 9.90 Å². The molecule has 2 aromatic heterocycles. The lowest BCUT2D eigenvalue weighted by Crippen LogP contribution is -2.40. The topological polar surface area (TPSA) is 100 Å². The first-order chi connectivity index (χ1) is 11.8. The Balaban J connectivity index is 1.69. The molecule has 1 saturated carbocycles. The minimum atomic E-state index is -0.737. The molecule has 0 radical (unpaired) electrons. The van der Waals surface area contributed by atoms with Gasteiger partial charge >= 0.3 is 0 Å². The van der Waals surface area contributed by atoms with Crippen LogP contribution in [0.15, 0.2) is 4.79 Å². The zero-order valence-corrected chi connectivity index (χ0v) is 15.1. The van der Waals surface area contributed by atoms with Crippen molar-refractivity contribution >= 4 is 16.9 Å². The Morgan fingerprint density at radius 2 is 2.04 bits per heavy atom. The molecule has 7 heteroatoms. The molecule has 0 aliphatic heterocycles. The minimum absolute atomic E-state index is 0.0822. The van der Waals surface area contributed by atoms with Gasteiger partial charge in [0.1, 0.15) is 0 Å². The number of nitrogens with one attached hydrogen (secondary N) is 2. The number of rotatable bonds is 5. The van der Waals surface area contributed by atoms with Crippen molar-refractivity contribution in [1.29, 1.82) is 0 Å². The highest BCUT2D eigenvalue weighted by molar-refractivity contribution is 5.81. The maximum atomic E-state index is 12.2. The molecule has 0 saturated heterocycles. The first kappa shape index (κ1) is 17.7. The summed E-state index contributed by atoms with van der Waals surface area (Å²) >= 11 is 0. The fourth-order valence-electron chi connectivity index (χ4n) is 3.82. The molecular weight excluding hydrogens is 320 g/mol. The van der Waals surface area contributed by atoms with Gasteiger partial charge in [-0.15, -0.1) is 0 Å². The van der Waals surface area contributed by atoms with E-state index in [2.05, 4.69) is 15.4 Å². The molecule has 0 unspecified atom stereocenters. The van der Waals surface area contributed by atoms with Crippen LogP contribution in [-0.4, -0.2) is 37.9 Å². The Bertz CT molecular complexity index is 859. The summed E-state index contributed by atoms with van der Waals surface area (Å²) < 4.78 is 1.62. The van der Waals surface area contributed by atoms with Gasteiger partial charge in [-0.3, -0.25) is 19.4 Å². The summed E-state index contributed by atoms with van der Waals surface area (Å²) in [5.74, 6) is -0.0822. The van der Waals surface area contributed by atoms with Crippen molar-refractivity contribution in [2.75, 3.05) is 6.54 Å². The zero-order valence-electron chi connectivity index (χ0n) is 15.1. The summed E-state index contributed by atoms with van der Waals surface area (Å²) in [5, 5.41) is 16.5. The van der Waals surface area contributed by atoms with Crippen molar-refractivity contribution in [3.8, 4) is 0 Å². The van der Waals surface area contributed by atoms with Gasteiger partial charge in [-0.25, -0.2) is 4.98 Å². The van der Waals surface area contributed by atoms with Crippen LogP contribution in [0.4, 0.5) is 0 Å². The van der Waals surface area contributed by atoms with Crippen LogP contribution < -0.4 is 10.9 Å². The molecule has 25 heavy (non-hydrogen) atoms. The number of aromatic nitrogens is 3. The monoisotopic (exact) mass is 346 g/mol. The van der Waals surface area contributed by atoms with E-state index in [0.717, 1.165) is 42.5 Å². The fraction of sp³-hybridized carbons (Fsp3) is 0.611. The first-order valence-corrected chi connectivity index (χ1v) is 8.84. The van der Waals surface area contributed by atoms with Gasteiger partial charge in [-0.2, -0.15) is 0 Å². The maximum absolute atomic E-state index is 12.2. The summed E-state index contributed by atoms with van der Waals surface area (Å²) in [4.78, 5) is 28.8. The van der Waals surface area contributed by atoms with Crippen LogP contribution in [0.3, 0.4) is 0 Å². The van der Waals surface area contributed by atoms with Gasteiger partial charge in [-0.1, -0.05) is 12.8 Å². The molecule has 0 bridgehead atoms. The van der Waals surface area contributed by atoms with E-state index in [9.17, 15) is 14.7 Å². The molecule has 1 aliphatic carbocycles. The van der Waals surface area contributed by atoms with E-state index in [1.807, 2.05) is 13.8 Å². The fourth-order valence-corrected chi connectivity index (χ4v) is 3.82. The highest BCUT2D eigenvalue weighted by Crippen LogP contribution is 2.28. The molecule has 0 aromatic carbocycles. The van der Waals surface area contributed by atoms with Gasteiger partial charge in [0.15, 0.2) is 5.65 Å². The average molecular weight is 346 g/mol. The van der Waals surface area contributed by atoms with E-state index < -0.39 is 5.60 Å². The van der Waals surface area contributed by atoms with Crippen molar-refractivity contribution in [2.45, 2.75) is 58.0 Å². The lowest BCUT2D eigenvalue weighted by atomic mass is 9.99. The quantitative estimate of drug-likeness (QED) is 0.758. The number of aryl methyl sites for hydroxylation is 3. The van der Waals surface area contributed by atoms with Crippen molar-refractivity contribution in [1.82, 2.24) is 20.1 Å². The Morgan fingerprint density at radius 1 is 1.36 bits per heavy atom. The van der Waals surface area contributed by atoms with E-state index >= 15 is 0 Å². The molecule has 3 N–H and O–H groups in total. The summed E-state index contributed by atoms with van der Waals surface area (Å²) in [6.07, 6.45) is 4.38. The normalized spacial score (nSPS) is 16.5. The van der Waals surface area contributed by atoms with Crippen LogP contribution in [0.1, 0.15) is 48.9 Å². The number of H-pyrrole nitrogens is 1. The first-order valence-electron chi connectivity index (χ1n) is 8.84. The predicted molar refractivity (Wildman–Crippen MR) is 95.6 cm³/mol. The number of hydrogen-bond acceptors (Lipinski definition) is 4. The van der Waals surface area contributed by atoms with Crippen LogP contribution in [0, 0.1) is 13.8 Å². The van der Waals surface area contributed by atoms with E-state index in [0.29, 0.717) is 30.4 Å². The summed E-state index contributed by atoms with van der Waals surface area (Å²) in [5.41, 5.74) is 2.40. The molecule has 0 atom stereocenters. The Morgan fingerprint density at radius 3 is 2.72 bits per heavy atom. The Labute approximate surface area is 146 Å². The standard InChI is InChI=1S/C18H26N4O3/c1-11-13(12(2)20-16-15(11)17(24)21-22(16)3)6-7-14(23)19-10-18(25)8-4-5-9-18/h25H,4-10H2,1-3H3,(H,19,23)(H,21,24). The number of amides is 1. The molecule has 1 aliphatic rings. The average Bonchev–Trinajstić information content (AvgIpc) is 3.10. The third kappa shape index (κ3) is 3.46. The van der Waals surface area contributed by atoms with Crippen LogP contribution in [-0.2, 0) is 18.3 Å². The third-order valence-electron chi connectivity index (χ3n) is 5.33. The van der Waals surface area contributed by atoms with Crippen LogP contribution in [0.25, 0.3) is 11.0 Å². The van der Waals surface area contributed by atoms with Crippen molar-refractivity contribution in [3.05, 3.63) is 27.2 Å². The number of aliphatic hydroxyl groups is 1. The third-order valence-corrected chi connectivity index (χ3v) is 5.33. The van der Waals surface area contributed by atoms with Crippen molar-refractivity contribution in [3.63, 3.8) is 0 Å². The zero-order chi connectivity index (χ0) is 18.2. The molecular formula is C18H26N4O3. The van der Waals surface area contributed by atoms with Gasteiger partial charge in [0.2, 0.25) is 5.91 Å². The van der Waals surface area contributed by atoms with Gasteiger partial charge < -0.3 is 10.4 Å². The van der Waals surface area contributed by atoms with Gasteiger partial charge in [-0.05, 0) is 44.2 Å². The molecule has 2 heterocycles. The highest BCUT2D eigenvalue weighted by atomic mass is 16.3. The van der Waals surface area contributed by atoms with E-state index in [4.69, 9.17) is 0 Å². The van der Waals surface area contributed by atoms with Crippen LogP contribution >= 0.6 is 0 Å². The Kier molecular flexibility index (Phi) is 4.69. The number of aromatic amines is 1. The van der Waals surface area contributed by atoms with Gasteiger partial charge in [0.25, 0.3) is 5.56 Å². The molecule has 1 fully saturated rings. The van der Waals surface area contributed by atoms with E-state index in [1.54, 1.807) is 11.7 Å². The molecule has 0 spiro atoms. The number of nitrogens with zero attached hydrogens (tertiary/aromatic N) is 2. The smallest absolute Gasteiger partial charge is 0.273 e. The number of fused-ring (bicyclic) bond motifs is 1. The maximum Gasteiger partial charge on any atom is 0.273 e. The summed E-state index contributed by atoms with van der Waals surface area (Å²) in [6.45, 7) is 4.12. The largest absolute Gasteiger partial charge is 0.388 e. The minimum Gasteiger partial charge on any atom is -0.388 e. The number of pyridine rings is 1. The lowest BCUT2D eigenvalue weighted by molar-refractivity contribution is -0.122. The van der Waals surface area contributed by atoms with E-state index in [-0.39, 0.29) is 11.5 Å². The molecule has 136 valence electrons. The summed E-state index contributed by atoms with van der Waals surface area (Å²) in [7, 11) is 1.76. The van der Waals surface area contributed by atoms with Crippen molar-refractivity contribution in [2.24, 2.45) is 7.05 Å². The number of carbonyl (C=O) groups is 1. The SMILES string of the molecule is Cc1nc2c(c(C)c1CCC(=O)NCC1(O)CCCC1)c(=O)[nH]n2C.